The minimum atomic E-state index is -0.717. The van der Waals surface area contributed by atoms with Gasteiger partial charge in [0.15, 0.2) is 19.3 Å². The van der Waals surface area contributed by atoms with Gasteiger partial charge in [-0.25, -0.2) is 9.59 Å². The van der Waals surface area contributed by atoms with Gasteiger partial charge in [-0.1, -0.05) is 34.6 Å². The lowest BCUT2D eigenvalue weighted by molar-refractivity contribution is -0.174. The summed E-state index contributed by atoms with van der Waals surface area (Å²) in [5.74, 6) is -7.50. The first-order valence-electron chi connectivity index (χ1n) is 39.1. The third-order valence-electron chi connectivity index (χ3n) is 25.4. The van der Waals surface area contributed by atoms with E-state index in [0.717, 1.165) is 51.4 Å². The predicted octanol–water partition coefficient (Wildman–Crippen LogP) is 7.53. The lowest BCUT2D eigenvalue weighted by Crippen LogP contribution is -2.44. The molecule has 13 fully saturated rings. The second kappa shape index (κ2) is 35.3. The van der Waals surface area contributed by atoms with Crippen molar-refractivity contribution in [2.45, 2.75) is 280 Å². The highest BCUT2D eigenvalue weighted by Gasteiger charge is 2.71. The number of esters is 13. The summed E-state index contributed by atoms with van der Waals surface area (Å²) < 4.78 is 90.5. The molecule has 13 aliphatic rings. The van der Waals surface area contributed by atoms with Crippen LogP contribution in [0.3, 0.4) is 0 Å². The summed E-state index contributed by atoms with van der Waals surface area (Å²) in [6, 6.07) is 0. The molecule has 9 heterocycles. The molecule has 0 aromatic carbocycles. The number of hydrogen-bond donors (Lipinski definition) is 0. The molecule has 0 spiro atoms. The van der Waals surface area contributed by atoms with E-state index in [1.54, 1.807) is 27.7 Å². The molecular formula is C79H116O30. The molecule has 109 heavy (non-hydrogen) atoms. The zero-order chi connectivity index (χ0) is 80.2. The fourth-order valence-corrected chi connectivity index (χ4v) is 16.6. The maximum absolute atomic E-state index is 12.2. The van der Waals surface area contributed by atoms with Crippen molar-refractivity contribution < 1.29 is 143 Å². The molecule has 30 heteroatoms. The lowest BCUT2D eigenvalue weighted by atomic mass is 9.74. The van der Waals surface area contributed by atoms with Crippen LogP contribution in [0.5, 0.6) is 0 Å². The first-order chi connectivity index (χ1) is 51.3. The zero-order valence-electron chi connectivity index (χ0n) is 66.4. The fraction of sp³-hybridized carbons (Fsp3) is 0.835. The first kappa shape index (κ1) is 85.9. The zero-order valence-corrected chi connectivity index (χ0v) is 66.4. The van der Waals surface area contributed by atoms with Gasteiger partial charge >= 0.3 is 77.6 Å². The first-order valence-corrected chi connectivity index (χ1v) is 39.1. The van der Waals surface area contributed by atoms with E-state index in [1.165, 1.54) is 14.2 Å². The van der Waals surface area contributed by atoms with Crippen molar-refractivity contribution in [3.63, 3.8) is 0 Å². The fourth-order valence-electron chi connectivity index (χ4n) is 16.6. The van der Waals surface area contributed by atoms with E-state index in [9.17, 15) is 62.3 Å². The third kappa shape index (κ3) is 19.0. The normalized spacial score (nSPS) is 33.6. The summed E-state index contributed by atoms with van der Waals surface area (Å²) in [5, 5.41) is 0. The van der Waals surface area contributed by atoms with Gasteiger partial charge in [0.05, 0.1) is 121 Å². The summed E-state index contributed by atoms with van der Waals surface area (Å²) in [4.78, 5) is 155. The molecule has 0 amide bonds. The highest BCUT2D eigenvalue weighted by molar-refractivity contribution is 5.88. The summed E-state index contributed by atoms with van der Waals surface area (Å²) >= 11 is 0. The van der Waals surface area contributed by atoms with Crippen molar-refractivity contribution in [1.82, 2.24) is 0 Å². The minimum Gasteiger partial charge on any atom is -0.469 e. The molecule has 4 aliphatic carbocycles. The molecule has 30 nitrogen and oxygen atoms in total. The van der Waals surface area contributed by atoms with Crippen molar-refractivity contribution in [3.05, 3.63) is 0 Å². The number of carbonyl (C=O) groups is 13. The van der Waals surface area contributed by atoms with Crippen LogP contribution in [0.4, 0.5) is 0 Å². The largest absolute Gasteiger partial charge is 0.469 e. The Morgan fingerprint density at radius 2 is 0.817 bits per heavy atom. The number of carbonyl (C=O) groups excluding carboxylic acids is 13. The van der Waals surface area contributed by atoms with Crippen LogP contribution >= 0.6 is 0 Å². The Morgan fingerprint density at radius 1 is 0.394 bits per heavy atom. The Labute approximate surface area is 637 Å². The number of fused-ring (bicyclic) bond motifs is 7. The van der Waals surface area contributed by atoms with E-state index >= 15 is 0 Å². The van der Waals surface area contributed by atoms with Crippen molar-refractivity contribution in [2.75, 3.05) is 53.9 Å². The topological polar surface area (TPSA) is 379 Å². The van der Waals surface area contributed by atoms with Gasteiger partial charge in [-0.3, -0.25) is 52.7 Å². The average Bonchev–Trinajstić information content (AvgIpc) is 1.55. The van der Waals surface area contributed by atoms with Crippen LogP contribution in [-0.4, -0.2) is 211 Å². The second-order valence-corrected chi connectivity index (χ2v) is 34.2. The lowest BCUT2D eigenvalue weighted by Gasteiger charge is -2.31. The third-order valence-corrected chi connectivity index (χ3v) is 25.4. The Morgan fingerprint density at radius 3 is 1.28 bits per heavy atom. The molecule has 9 saturated heterocycles. The Bertz CT molecular complexity index is 3350. The summed E-state index contributed by atoms with van der Waals surface area (Å²) in [6.07, 6.45) is 9.26. The van der Waals surface area contributed by atoms with Gasteiger partial charge < -0.3 is 80.5 Å². The molecule has 9 aliphatic heterocycles. The van der Waals surface area contributed by atoms with E-state index in [2.05, 4.69) is 0 Å². The predicted molar refractivity (Wildman–Crippen MR) is 375 cm³/mol. The van der Waals surface area contributed by atoms with Gasteiger partial charge in [0.1, 0.15) is 55.9 Å². The Hall–Kier alpha value is -7.05. The van der Waals surface area contributed by atoms with E-state index in [-0.39, 0.29) is 189 Å². The van der Waals surface area contributed by atoms with Crippen LogP contribution in [0.1, 0.15) is 200 Å². The molecular weight excluding hydrogens is 1430 g/mol. The van der Waals surface area contributed by atoms with Crippen molar-refractivity contribution in [3.8, 4) is 0 Å². The average molecular weight is 1550 g/mol. The Kier molecular flexibility index (Phi) is 27.9. The molecule has 10 bridgehead atoms. The van der Waals surface area contributed by atoms with Crippen molar-refractivity contribution >= 4 is 77.6 Å². The van der Waals surface area contributed by atoms with Gasteiger partial charge in [-0.15, -0.1) is 0 Å². The second-order valence-electron chi connectivity index (χ2n) is 34.2. The van der Waals surface area contributed by atoms with E-state index in [0.29, 0.717) is 45.1 Å². The van der Waals surface area contributed by atoms with Crippen LogP contribution < -0.4 is 0 Å². The quantitative estimate of drug-likeness (QED) is 0.0415. The minimum absolute atomic E-state index is 0.00793. The summed E-state index contributed by atoms with van der Waals surface area (Å²) in [7, 11) is 2.60. The number of hydrogen-bond acceptors (Lipinski definition) is 30. The molecule has 0 aromatic heterocycles. The maximum Gasteiger partial charge on any atom is 0.344 e. The van der Waals surface area contributed by atoms with Gasteiger partial charge in [0, 0.05) is 36.5 Å². The van der Waals surface area contributed by atoms with E-state index in [4.69, 9.17) is 80.5 Å². The number of ether oxygens (including phenoxy) is 17. The molecule has 0 radical (unpaired) electrons. The van der Waals surface area contributed by atoms with Crippen LogP contribution in [0.15, 0.2) is 0 Å². The van der Waals surface area contributed by atoms with Crippen LogP contribution in [0.2, 0.25) is 0 Å². The van der Waals surface area contributed by atoms with Gasteiger partial charge in [0.2, 0.25) is 0 Å². The highest BCUT2D eigenvalue weighted by atomic mass is 16.7. The molecule has 0 N–H and O–H groups in total. The molecule has 13 rings (SSSR count). The molecule has 4 saturated carbocycles. The summed E-state index contributed by atoms with van der Waals surface area (Å²) in [5.41, 5.74) is -2.74. The van der Waals surface area contributed by atoms with Crippen LogP contribution in [-0.2, 0) is 143 Å². The Balaban J connectivity index is 0.000000158. The van der Waals surface area contributed by atoms with Crippen LogP contribution in [0.25, 0.3) is 0 Å². The smallest absolute Gasteiger partial charge is 0.344 e. The monoisotopic (exact) mass is 1540 g/mol. The van der Waals surface area contributed by atoms with E-state index < -0.39 is 93.5 Å². The SMILES string of the molecule is CCC(C)(C)C(=O)OCC(=O)OC1C2CC3C1OC(=O)C3C2C(=O)OC.CCC(C)(C)C(=O)OCC(=O)OC1CC2CCC1O2.CCC(C)(C)C(=O)OCC1C2CC3C1OC(=O)C3C2C(=O)OC.CCC(C)(C)C(=O)OCCC(=O)OC1CC2CCC1O2.CCC(C)(C)C(=O)OCCOC1C2CC3C(=O)OC1C3O2. The molecule has 23 atom stereocenters. The molecule has 0 aromatic rings. The van der Waals surface area contributed by atoms with Crippen LogP contribution in [0, 0.1) is 86.3 Å². The molecule has 23 unspecified atom stereocenters. The standard InChI is InChI=1S/C18H24O8.C17H24O6.C15H22O6.C15H24O5.C14H22O5/c1-5-18(2,3)17(22)24-7-10(19)25-13-8-6-9-12(11(8)15(20)23-4)16(21)26-14(9)13;1-5-17(2,3)16(20)22-7-10-8-6-9-12(11(8)14(18)21-4)15(19)23-13(9)10;1-4-15(2,3)14(17)19-6-5-18-11-9-7-8-10(20-9)12(11)21-13(8)16;1-4-15(2,3)14(17)18-8-7-13(16)20-12-9-10-5-6-11(12)19-10;1-4-14(2,3)13(16)17-8-12(15)19-11-7-9-5-6-10(11)18-9/h8-9,11-14H,5-7H2,1-4H3;8-13H,5-7H2,1-4H3;8-12H,4-7H2,1-3H3;10-12H,4-9H2,1-3H3;9-11H,4-8H2,1-3H3. The van der Waals surface area contributed by atoms with Crippen molar-refractivity contribution in [2.24, 2.45) is 86.3 Å². The summed E-state index contributed by atoms with van der Waals surface area (Å²) in [6.45, 7) is 27.7. The maximum atomic E-state index is 12.2. The van der Waals surface area contributed by atoms with Gasteiger partial charge in [0.25, 0.3) is 0 Å². The highest BCUT2D eigenvalue weighted by Crippen LogP contribution is 2.62. The number of rotatable bonds is 28. The van der Waals surface area contributed by atoms with Gasteiger partial charge in [-0.05, 0) is 152 Å². The van der Waals surface area contributed by atoms with Crippen molar-refractivity contribution in [1.29, 1.82) is 0 Å². The molecule has 612 valence electrons. The van der Waals surface area contributed by atoms with E-state index in [1.807, 2.05) is 76.2 Å². The number of methoxy groups -OCH3 is 2. The van der Waals surface area contributed by atoms with Gasteiger partial charge in [-0.2, -0.15) is 0 Å².